The van der Waals surface area contributed by atoms with E-state index in [0.29, 0.717) is 0 Å². The minimum atomic E-state index is 0.852. The number of fused-ring (bicyclic) bond motifs is 1. The number of aryl methyl sites for hydroxylation is 1. The van der Waals surface area contributed by atoms with Crippen molar-refractivity contribution in [1.29, 1.82) is 0 Å². The molecular formula is C9H10N2O. The molecule has 3 heteroatoms. The van der Waals surface area contributed by atoms with Crippen LogP contribution in [0.3, 0.4) is 0 Å². The Morgan fingerprint density at radius 2 is 2.25 bits per heavy atom. The molecule has 0 saturated heterocycles. The molecule has 0 aliphatic heterocycles. The van der Waals surface area contributed by atoms with Crippen molar-refractivity contribution in [2.45, 2.75) is 6.92 Å². The van der Waals surface area contributed by atoms with Gasteiger partial charge in [-0.05, 0) is 13.0 Å². The molecule has 0 atom stereocenters. The maximum atomic E-state index is 5.24. The number of methoxy groups -OCH3 is 1. The minimum absolute atomic E-state index is 0.852. The van der Waals surface area contributed by atoms with Crippen LogP contribution in [0.5, 0.6) is 5.88 Å². The highest BCUT2D eigenvalue weighted by atomic mass is 16.5. The first-order valence-corrected chi connectivity index (χ1v) is 3.79. The number of pyridine rings is 1. The van der Waals surface area contributed by atoms with Crippen molar-refractivity contribution in [2.75, 3.05) is 7.11 Å². The van der Waals surface area contributed by atoms with E-state index in [-0.39, 0.29) is 0 Å². The lowest BCUT2D eigenvalue weighted by molar-refractivity contribution is 0.389. The van der Waals surface area contributed by atoms with Crippen molar-refractivity contribution < 1.29 is 4.74 Å². The molecule has 0 N–H and O–H groups in total. The van der Waals surface area contributed by atoms with Gasteiger partial charge in [0.25, 0.3) is 0 Å². The summed E-state index contributed by atoms with van der Waals surface area (Å²) in [5, 5.41) is 0. The van der Waals surface area contributed by atoms with Crippen molar-refractivity contribution in [3.63, 3.8) is 0 Å². The predicted molar refractivity (Wildman–Crippen MR) is 46.5 cm³/mol. The summed E-state index contributed by atoms with van der Waals surface area (Å²) in [6, 6.07) is 3.97. The van der Waals surface area contributed by atoms with E-state index >= 15 is 0 Å². The molecule has 0 aliphatic rings. The number of hydrogen-bond acceptors (Lipinski definition) is 2. The fourth-order valence-electron chi connectivity index (χ4n) is 1.33. The molecule has 0 radical (unpaired) electrons. The van der Waals surface area contributed by atoms with E-state index in [1.54, 1.807) is 13.3 Å². The van der Waals surface area contributed by atoms with Crippen LogP contribution in [0.25, 0.3) is 5.65 Å². The van der Waals surface area contributed by atoms with Gasteiger partial charge < -0.3 is 4.74 Å². The number of ether oxygens (including phenoxy) is 1. The number of nitrogens with zero attached hydrogens (tertiary/aromatic N) is 2. The standard InChI is InChI=1S/C9H10N2O/c1-7-3-4-8-10-5-6-11(8)9(7)12-2/h3-6H,1-2H3. The van der Waals surface area contributed by atoms with E-state index in [4.69, 9.17) is 4.74 Å². The van der Waals surface area contributed by atoms with E-state index in [1.165, 1.54) is 0 Å². The molecule has 2 rings (SSSR count). The Morgan fingerprint density at radius 3 is 3.00 bits per heavy atom. The fraction of sp³-hybridized carbons (Fsp3) is 0.222. The average molecular weight is 162 g/mol. The number of hydrogen-bond donors (Lipinski definition) is 0. The van der Waals surface area contributed by atoms with Crippen molar-refractivity contribution >= 4 is 5.65 Å². The zero-order valence-electron chi connectivity index (χ0n) is 7.11. The molecule has 3 nitrogen and oxygen atoms in total. The van der Waals surface area contributed by atoms with Crippen molar-refractivity contribution in [2.24, 2.45) is 0 Å². The third kappa shape index (κ3) is 0.863. The van der Waals surface area contributed by atoms with E-state index in [2.05, 4.69) is 4.98 Å². The second-order valence-corrected chi connectivity index (χ2v) is 2.68. The summed E-state index contributed by atoms with van der Waals surface area (Å²) in [6.07, 6.45) is 3.65. The Labute approximate surface area is 70.6 Å². The number of imidazole rings is 1. The van der Waals surface area contributed by atoms with Gasteiger partial charge in [-0.1, -0.05) is 6.07 Å². The summed E-state index contributed by atoms with van der Waals surface area (Å²) in [7, 11) is 1.67. The SMILES string of the molecule is COc1c(C)ccc2nccn12. The highest BCUT2D eigenvalue weighted by molar-refractivity contribution is 5.45. The summed E-state index contributed by atoms with van der Waals surface area (Å²) < 4.78 is 7.17. The first-order chi connectivity index (χ1) is 5.83. The largest absolute Gasteiger partial charge is 0.482 e. The third-order valence-corrected chi connectivity index (χ3v) is 1.90. The molecule has 0 aromatic carbocycles. The van der Waals surface area contributed by atoms with E-state index in [1.807, 2.05) is 29.7 Å². The zero-order chi connectivity index (χ0) is 8.55. The van der Waals surface area contributed by atoms with Gasteiger partial charge in [0.1, 0.15) is 5.65 Å². The Morgan fingerprint density at radius 1 is 1.42 bits per heavy atom. The topological polar surface area (TPSA) is 26.5 Å². The Balaban J connectivity index is 2.83. The minimum Gasteiger partial charge on any atom is -0.482 e. The quantitative estimate of drug-likeness (QED) is 0.637. The Kier molecular flexibility index (Phi) is 1.50. The van der Waals surface area contributed by atoms with E-state index < -0.39 is 0 Å². The molecule has 0 spiro atoms. The highest BCUT2D eigenvalue weighted by Crippen LogP contribution is 2.18. The molecule has 0 saturated carbocycles. The lowest BCUT2D eigenvalue weighted by Gasteiger charge is -2.06. The molecule has 0 unspecified atom stereocenters. The van der Waals surface area contributed by atoms with Gasteiger partial charge in [-0.3, -0.25) is 4.40 Å². The van der Waals surface area contributed by atoms with Crippen LogP contribution < -0.4 is 4.74 Å². The molecule has 2 aromatic rings. The molecule has 12 heavy (non-hydrogen) atoms. The van der Waals surface area contributed by atoms with Crippen LogP contribution in [-0.2, 0) is 0 Å². The second kappa shape index (κ2) is 2.52. The van der Waals surface area contributed by atoms with Gasteiger partial charge in [0.15, 0.2) is 0 Å². The van der Waals surface area contributed by atoms with Crippen molar-refractivity contribution in [1.82, 2.24) is 9.38 Å². The molecule has 2 aromatic heterocycles. The molecular weight excluding hydrogens is 152 g/mol. The second-order valence-electron chi connectivity index (χ2n) is 2.68. The van der Waals surface area contributed by atoms with E-state index in [0.717, 1.165) is 17.1 Å². The molecule has 62 valence electrons. The Bertz CT molecular complexity index is 406. The summed E-state index contributed by atoms with van der Waals surface area (Å²) in [6.45, 7) is 2.01. The smallest absolute Gasteiger partial charge is 0.202 e. The Hall–Kier alpha value is -1.51. The lowest BCUT2D eigenvalue weighted by Crippen LogP contribution is -1.95. The zero-order valence-corrected chi connectivity index (χ0v) is 7.11. The molecule has 0 bridgehead atoms. The van der Waals surface area contributed by atoms with Crippen molar-refractivity contribution in [3.8, 4) is 5.88 Å². The normalized spacial score (nSPS) is 10.5. The van der Waals surface area contributed by atoms with Crippen LogP contribution in [0.15, 0.2) is 24.5 Å². The molecule has 0 fully saturated rings. The van der Waals surface area contributed by atoms with Crippen LogP contribution in [0.4, 0.5) is 0 Å². The lowest BCUT2D eigenvalue weighted by atomic mass is 10.3. The molecule has 0 aliphatic carbocycles. The number of aromatic nitrogens is 2. The van der Waals surface area contributed by atoms with Crippen LogP contribution in [0, 0.1) is 6.92 Å². The van der Waals surface area contributed by atoms with Gasteiger partial charge in [-0.25, -0.2) is 4.98 Å². The fourth-order valence-corrected chi connectivity index (χ4v) is 1.33. The highest BCUT2D eigenvalue weighted by Gasteiger charge is 2.02. The monoisotopic (exact) mass is 162 g/mol. The maximum absolute atomic E-state index is 5.24. The number of rotatable bonds is 1. The van der Waals surface area contributed by atoms with E-state index in [9.17, 15) is 0 Å². The first-order valence-electron chi connectivity index (χ1n) is 3.79. The van der Waals surface area contributed by atoms with Crippen molar-refractivity contribution in [3.05, 3.63) is 30.1 Å². The first kappa shape index (κ1) is 7.16. The molecule has 2 heterocycles. The van der Waals surface area contributed by atoms with Gasteiger partial charge in [-0.15, -0.1) is 0 Å². The van der Waals surface area contributed by atoms with Gasteiger partial charge in [-0.2, -0.15) is 0 Å². The van der Waals surface area contributed by atoms with Gasteiger partial charge in [0.05, 0.1) is 7.11 Å². The third-order valence-electron chi connectivity index (χ3n) is 1.90. The van der Waals surface area contributed by atoms with Crippen LogP contribution in [0.1, 0.15) is 5.56 Å². The maximum Gasteiger partial charge on any atom is 0.202 e. The average Bonchev–Trinajstić information content (AvgIpc) is 2.52. The summed E-state index contributed by atoms with van der Waals surface area (Å²) in [5.74, 6) is 0.852. The van der Waals surface area contributed by atoms with Crippen LogP contribution >= 0.6 is 0 Å². The summed E-state index contributed by atoms with van der Waals surface area (Å²) in [5.41, 5.74) is 2.03. The van der Waals surface area contributed by atoms with Gasteiger partial charge in [0, 0.05) is 18.0 Å². The summed E-state index contributed by atoms with van der Waals surface area (Å²) >= 11 is 0. The van der Waals surface area contributed by atoms with Gasteiger partial charge in [0.2, 0.25) is 5.88 Å². The van der Waals surface area contributed by atoms with Gasteiger partial charge >= 0.3 is 0 Å². The summed E-state index contributed by atoms with van der Waals surface area (Å²) in [4.78, 5) is 4.15. The van der Waals surface area contributed by atoms with Crippen LogP contribution in [-0.4, -0.2) is 16.5 Å². The molecule has 0 amide bonds. The predicted octanol–water partition coefficient (Wildman–Crippen LogP) is 1.65. The van der Waals surface area contributed by atoms with Crippen LogP contribution in [0.2, 0.25) is 0 Å².